The predicted molar refractivity (Wildman–Crippen MR) is 346 cm³/mol. The zero-order valence-corrected chi connectivity index (χ0v) is 54.4. The Kier molecular flexibility index (Phi) is 25.6. The molecule has 9 rings (SSSR count). The van der Waals surface area contributed by atoms with Crippen molar-refractivity contribution in [2.45, 2.75) is 137 Å². The number of carbonyl (C=O) groups excluding carboxylic acids is 7. The van der Waals surface area contributed by atoms with E-state index in [1.165, 1.54) is 42.0 Å². The van der Waals surface area contributed by atoms with E-state index in [9.17, 15) is 79.5 Å². The van der Waals surface area contributed by atoms with Crippen LogP contribution in [0.15, 0.2) is 91.1 Å². The summed E-state index contributed by atoms with van der Waals surface area (Å²) < 4.78 is 9.37. The van der Waals surface area contributed by atoms with Crippen LogP contribution in [-0.2, 0) is 44.6 Å². The molecule has 3 aromatic carbocycles. The molecule has 16 N–H and O–H groups in total. The second-order valence-electron chi connectivity index (χ2n) is 24.5. The molecule has 32 nitrogen and oxygen atoms in total. The van der Waals surface area contributed by atoms with Gasteiger partial charge >= 0.3 is 0 Å². The van der Waals surface area contributed by atoms with Crippen LogP contribution in [0.3, 0.4) is 0 Å². The number of aliphatic hydroxyl groups is 8. The zero-order valence-electron chi connectivity index (χ0n) is 52.8. The number of pyridine rings is 1. The lowest BCUT2D eigenvalue weighted by Crippen LogP contribution is -2.64. The molecule has 524 valence electrons. The molecule has 4 aliphatic heterocycles. The number of amides is 7. The summed E-state index contributed by atoms with van der Waals surface area (Å²) in [6, 6.07) is 11.7. The summed E-state index contributed by atoms with van der Waals surface area (Å²) in [5, 5.41) is 136. The van der Waals surface area contributed by atoms with Gasteiger partial charge in [-0.05, 0) is 86.2 Å². The standard InChI is InChI=1S/C63H80N12O20S2/c1-32-28-75-53(54(32)84)59(89)66-27-41(79)24-43(67-55(85)37-9-11-38(12-10-37)60-71-72-61(96-60)39-13-15-49(65-26-39)73-20-17-36(18-21-73)35-6-4-3-5-7-35)56(86)68-50(33(2)78)62(90)74-29-42(80)25-44(74)57(87)69-51(47(83)22-34-8-14-45(81)48(23-34)93-97-95-94-92)58(88)70-52(63(75)91)46(82)16-19-64-40(30-76)31-77/h3-15,23,26,32-33,36,40-44,46-47,50-54,64,76-84,92H,16-22,24-25,27-31H2,1-2H3,(H,66,89)(H,67,85)(H,68,86)(H,69,87)(H,70,88)/t32-,33+,41+,42+,43?,44-,46+,47+,50-,51-,52-,53-,54-/m0/s1. The number of aliphatic hydroxyl groups excluding tert-OH is 8. The molecule has 34 heteroatoms. The van der Waals surface area contributed by atoms with E-state index < -0.39 is 184 Å². The Hall–Kier alpha value is -8.07. The Labute approximate surface area is 564 Å². The largest absolute Gasteiger partial charge is 0.504 e. The van der Waals surface area contributed by atoms with Crippen LogP contribution in [0.1, 0.15) is 73.4 Å². The number of carbonyl (C=O) groups is 7. The summed E-state index contributed by atoms with van der Waals surface area (Å²) in [6.07, 6.45) is -8.93. The van der Waals surface area contributed by atoms with Crippen LogP contribution >= 0.6 is 23.7 Å². The molecule has 0 spiro atoms. The molecule has 6 heterocycles. The average molecular weight is 1390 g/mol. The molecule has 0 bridgehead atoms. The fourth-order valence-electron chi connectivity index (χ4n) is 12.2. The van der Waals surface area contributed by atoms with E-state index in [1.54, 1.807) is 18.3 Å². The minimum absolute atomic E-state index is 0.00704. The van der Waals surface area contributed by atoms with Gasteiger partial charge in [-0.1, -0.05) is 76.2 Å². The quantitative estimate of drug-likeness (QED) is 0.0164. The van der Waals surface area contributed by atoms with Crippen molar-refractivity contribution in [3.05, 3.63) is 108 Å². The van der Waals surface area contributed by atoms with E-state index in [2.05, 4.69) is 80.6 Å². The molecule has 0 radical (unpaired) electrons. The van der Waals surface area contributed by atoms with E-state index in [-0.39, 0.29) is 42.3 Å². The van der Waals surface area contributed by atoms with Crippen molar-refractivity contribution >= 4 is 70.8 Å². The highest BCUT2D eigenvalue weighted by Gasteiger charge is 2.50. The highest BCUT2D eigenvalue weighted by Crippen LogP contribution is 2.35. The molecule has 5 aromatic rings. The molecule has 7 amide bonds. The fourth-order valence-corrected chi connectivity index (χ4v) is 13.3. The van der Waals surface area contributed by atoms with Crippen molar-refractivity contribution in [2.75, 3.05) is 57.4 Å². The van der Waals surface area contributed by atoms with Crippen LogP contribution in [-0.4, -0.2) is 249 Å². The Morgan fingerprint density at radius 1 is 0.763 bits per heavy atom. The number of hydrogen-bond donors (Lipinski definition) is 16. The molecule has 13 atom stereocenters. The number of rotatable bonds is 21. The Morgan fingerprint density at radius 3 is 2.10 bits per heavy atom. The third-order valence-electron chi connectivity index (χ3n) is 17.6. The van der Waals surface area contributed by atoms with E-state index in [0.29, 0.717) is 21.5 Å². The topological polar surface area (TPSA) is 470 Å². The van der Waals surface area contributed by atoms with Crippen molar-refractivity contribution in [1.29, 1.82) is 0 Å². The molecule has 2 aromatic heterocycles. The summed E-state index contributed by atoms with van der Waals surface area (Å²) >= 11 is 1.35. The molecule has 4 aliphatic rings. The summed E-state index contributed by atoms with van der Waals surface area (Å²) in [4.78, 5) is 111. The number of benzene rings is 3. The number of phenolic OH excluding ortho intramolecular Hbond substituents is 1. The third kappa shape index (κ3) is 18.4. The van der Waals surface area contributed by atoms with Gasteiger partial charge in [-0.25, -0.2) is 10.2 Å². The number of piperidine rings is 1. The number of aromatic hydroxyl groups is 1. The lowest BCUT2D eigenvalue weighted by atomic mass is 9.89. The number of nitrogens with zero attached hydrogens (tertiary/aromatic N) is 6. The van der Waals surface area contributed by atoms with Gasteiger partial charge < -0.3 is 96.7 Å². The maximum absolute atomic E-state index is 15.0. The van der Waals surface area contributed by atoms with Crippen molar-refractivity contribution in [2.24, 2.45) is 5.92 Å². The first kappa shape index (κ1) is 73.2. The summed E-state index contributed by atoms with van der Waals surface area (Å²) in [6.45, 7) is 1.39. The molecular weight excluding hydrogens is 1310 g/mol. The Morgan fingerprint density at radius 2 is 1.43 bits per heavy atom. The van der Waals surface area contributed by atoms with Gasteiger partial charge in [0.05, 0.1) is 55.9 Å². The number of fused-ring (bicyclic) bond motifs is 2. The summed E-state index contributed by atoms with van der Waals surface area (Å²) in [7, 11) is 0. The molecule has 97 heavy (non-hydrogen) atoms. The molecular formula is C63H80N12O20S2. The van der Waals surface area contributed by atoms with Gasteiger partial charge in [-0.15, -0.1) is 10.2 Å². The maximum Gasteiger partial charge on any atom is 0.261 e. The van der Waals surface area contributed by atoms with Crippen molar-refractivity contribution < 1.29 is 98.3 Å². The summed E-state index contributed by atoms with van der Waals surface area (Å²) in [5.74, 6) is -8.30. The van der Waals surface area contributed by atoms with Crippen LogP contribution in [0.4, 0.5) is 5.82 Å². The minimum atomic E-state index is -2.16. The molecule has 4 saturated heterocycles. The van der Waals surface area contributed by atoms with Crippen LogP contribution in [0.2, 0.25) is 0 Å². The SMILES string of the molecule is C[C@@H](O)[C@@H]1NC(=O)C(NC(=O)c2ccc(-c3nnc(-c4ccc(N5CCC(c6ccccc6)CC5)nc4)s3)cc2)C[C@@H](O)CNC(=O)[C@@H]2[C@@H](O)[C@@H](C)CN2C(=O)[C@H]([C@H](O)CCNC(CO)CO)NC(=O)[C@H]([C@H](O)Cc2ccc(O)c(OSOOO)c2)NC(=O)[C@@H]2C[C@@H](O)CN2C1=O. The highest BCUT2D eigenvalue weighted by atomic mass is 32.2. The van der Waals surface area contributed by atoms with Crippen LogP contribution < -0.4 is 41.0 Å². The van der Waals surface area contributed by atoms with Crippen LogP contribution in [0.25, 0.3) is 21.1 Å². The van der Waals surface area contributed by atoms with Gasteiger partial charge in [0.1, 0.15) is 52.1 Å². The second kappa shape index (κ2) is 33.9. The van der Waals surface area contributed by atoms with Gasteiger partial charge in [0.2, 0.25) is 35.4 Å². The zero-order chi connectivity index (χ0) is 69.6. The van der Waals surface area contributed by atoms with E-state index in [4.69, 9.17) is 14.4 Å². The number of nitrogens with one attached hydrogen (secondary N) is 6. The monoisotopic (exact) mass is 1390 g/mol. The lowest BCUT2D eigenvalue weighted by Gasteiger charge is -2.34. The lowest BCUT2D eigenvalue weighted by molar-refractivity contribution is -0.433. The highest BCUT2D eigenvalue weighted by molar-refractivity contribution is 7.90. The Balaban J connectivity index is 0.974. The van der Waals surface area contributed by atoms with Crippen molar-refractivity contribution in [3.8, 4) is 32.6 Å². The molecule has 1 unspecified atom stereocenters. The van der Waals surface area contributed by atoms with E-state index in [0.717, 1.165) is 66.2 Å². The molecule has 0 aliphatic carbocycles. The molecule has 0 saturated carbocycles. The van der Waals surface area contributed by atoms with Crippen molar-refractivity contribution in [1.82, 2.24) is 56.9 Å². The number of phenols is 1. The Bertz CT molecular complexity index is 3500. The third-order valence-corrected chi connectivity index (χ3v) is 19.0. The average Bonchev–Trinajstić information content (AvgIpc) is 1.66. The number of hydrogen-bond acceptors (Lipinski definition) is 27. The first-order chi connectivity index (χ1) is 46.5. The first-order valence-electron chi connectivity index (χ1n) is 31.5. The minimum Gasteiger partial charge on any atom is -0.504 e. The normalized spacial score (nSPS) is 25.3. The fraction of sp³-hybridized carbons (Fsp3) is 0.492. The first-order valence-corrected chi connectivity index (χ1v) is 33.0. The summed E-state index contributed by atoms with van der Waals surface area (Å²) in [5.41, 5.74) is 2.77. The second-order valence-corrected chi connectivity index (χ2v) is 25.9. The van der Waals surface area contributed by atoms with Crippen molar-refractivity contribution in [3.63, 3.8) is 0 Å². The smallest absolute Gasteiger partial charge is 0.261 e. The number of aromatic nitrogens is 3. The number of anilines is 1. The van der Waals surface area contributed by atoms with E-state index >= 15 is 0 Å². The van der Waals surface area contributed by atoms with Gasteiger partial charge in [-0.2, -0.15) is 0 Å². The van der Waals surface area contributed by atoms with E-state index in [1.807, 2.05) is 18.2 Å². The molecule has 4 fully saturated rings. The van der Waals surface area contributed by atoms with Gasteiger partial charge in [-0.3, -0.25) is 33.6 Å². The van der Waals surface area contributed by atoms with Crippen LogP contribution in [0.5, 0.6) is 11.5 Å². The van der Waals surface area contributed by atoms with Crippen LogP contribution in [0, 0.1) is 5.92 Å². The van der Waals surface area contributed by atoms with Gasteiger partial charge in [0.25, 0.3) is 18.2 Å². The van der Waals surface area contributed by atoms with Gasteiger partial charge in [0.15, 0.2) is 11.5 Å². The van der Waals surface area contributed by atoms with Gasteiger partial charge in [0, 0.05) is 80.8 Å². The predicted octanol–water partition coefficient (Wildman–Crippen LogP) is -2.00. The number of β-amino-alcohol motifs (C(OH)–C–C–N with tert-alkyl or cyclic N) is 1. The maximum atomic E-state index is 15.0.